The van der Waals surface area contributed by atoms with Gasteiger partial charge in [0.15, 0.2) is 6.10 Å². The Bertz CT molecular complexity index is 971. The number of ether oxygens (including phenoxy) is 2. The Labute approximate surface area is 179 Å². The first-order valence-corrected chi connectivity index (χ1v) is 11.4. The van der Waals surface area contributed by atoms with Gasteiger partial charge < -0.3 is 14.8 Å². The highest BCUT2D eigenvalue weighted by Crippen LogP contribution is 2.29. The van der Waals surface area contributed by atoms with Gasteiger partial charge in [0.05, 0.1) is 17.7 Å². The number of carbonyl (C=O) groups is 1. The Balaban J connectivity index is 2.24. The van der Waals surface area contributed by atoms with Crippen molar-refractivity contribution in [3.05, 3.63) is 48.0 Å². The summed E-state index contributed by atoms with van der Waals surface area (Å²) in [6.45, 7) is 7.94. The topological polar surface area (TPSA) is 84.9 Å². The average Bonchev–Trinajstić information content (AvgIpc) is 2.74. The molecule has 0 saturated heterocycles. The number of nitrogens with one attached hydrogen (secondary N) is 1. The zero-order valence-electron chi connectivity index (χ0n) is 18.1. The van der Waals surface area contributed by atoms with Gasteiger partial charge >= 0.3 is 0 Å². The van der Waals surface area contributed by atoms with Crippen LogP contribution in [0.3, 0.4) is 0 Å². The number of methoxy groups -OCH3 is 1. The second-order valence-corrected chi connectivity index (χ2v) is 8.64. The molecule has 1 N–H and O–H groups in total. The summed E-state index contributed by atoms with van der Waals surface area (Å²) < 4.78 is 38.0. The van der Waals surface area contributed by atoms with E-state index in [1.54, 1.807) is 26.8 Å². The number of nitrogens with zero attached hydrogens (tertiary/aromatic N) is 1. The van der Waals surface area contributed by atoms with Gasteiger partial charge in [-0.1, -0.05) is 32.9 Å². The van der Waals surface area contributed by atoms with E-state index in [0.29, 0.717) is 24.6 Å². The lowest BCUT2D eigenvalue weighted by Gasteiger charge is -2.20. The molecule has 0 aromatic heterocycles. The fraction of sp³-hybridized carbons (Fsp3) is 0.409. The standard InChI is InChI=1S/C22H30N2O5S/c1-6-17-10-9-11-18(14-17)29-16(4)22(25)23-20-15-19(12-13-21(20)28-5)30(26,27)24(7-2)8-3/h9-16H,6-8H2,1-5H3,(H,23,25). The Morgan fingerprint density at radius 2 is 1.80 bits per heavy atom. The van der Waals surface area contributed by atoms with Crippen molar-refractivity contribution in [3.8, 4) is 11.5 Å². The van der Waals surface area contributed by atoms with E-state index in [2.05, 4.69) is 5.32 Å². The molecule has 0 aliphatic carbocycles. The van der Waals surface area contributed by atoms with Gasteiger partial charge in [-0.2, -0.15) is 4.31 Å². The summed E-state index contributed by atoms with van der Waals surface area (Å²) in [7, 11) is -2.21. The molecule has 0 radical (unpaired) electrons. The molecule has 0 spiro atoms. The second-order valence-electron chi connectivity index (χ2n) is 6.70. The molecule has 2 aromatic rings. The minimum Gasteiger partial charge on any atom is -0.495 e. The first-order chi connectivity index (χ1) is 14.3. The lowest BCUT2D eigenvalue weighted by molar-refractivity contribution is -0.122. The zero-order chi connectivity index (χ0) is 22.3. The molecule has 1 atom stereocenters. The van der Waals surface area contributed by atoms with Crippen molar-refractivity contribution in [2.24, 2.45) is 0 Å². The smallest absolute Gasteiger partial charge is 0.265 e. The lowest BCUT2D eigenvalue weighted by Crippen LogP contribution is -2.31. The molecule has 30 heavy (non-hydrogen) atoms. The third-order valence-electron chi connectivity index (χ3n) is 4.76. The molecular weight excluding hydrogens is 404 g/mol. The van der Waals surface area contributed by atoms with E-state index in [9.17, 15) is 13.2 Å². The number of carbonyl (C=O) groups excluding carboxylic acids is 1. The van der Waals surface area contributed by atoms with Crippen molar-refractivity contribution in [1.29, 1.82) is 0 Å². The van der Waals surface area contributed by atoms with Crippen LogP contribution in [0.25, 0.3) is 0 Å². The van der Waals surface area contributed by atoms with Gasteiger partial charge in [0, 0.05) is 13.1 Å². The van der Waals surface area contributed by atoms with Gasteiger partial charge in [0.1, 0.15) is 11.5 Å². The number of hydrogen-bond donors (Lipinski definition) is 1. The van der Waals surface area contributed by atoms with Crippen molar-refractivity contribution in [3.63, 3.8) is 0 Å². The molecular formula is C22H30N2O5S. The van der Waals surface area contributed by atoms with Crippen LogP contribution in [0.4, 0.5) is 5.69 Å². The van der Waals surface area contributed by atoms with Gasteiger partial charge in [-0.15, -0.1) is 0 Å². The highest BCUT2D eigenvalue weighted by atomic mass is 32.2. The molecule has 0 heterocycles. The molecule has 8 heteroatoms. The highest BCUT2D eigenvalue weighted by Gasteiger charge is 2.24. The first-order valence-electron chi connectivity index (χ1n) is 10.0. The van der Waals surface area contributed by atoms with E-state index < -0.39 is 22.0 Å². The van der Waals surface area contributed by atoms with Crippen molar-refractivity contribution < 1.29 is 22.7 Å². The molecule has 0 fully saturated rings. The molecule has 0 bridgehead atoms. The van der Waals surface area contributed by atoms with Gasteiger partial charge in [0.2, 0.25) is 10.0 Å². The van der Waals surface area contributed by atoms with E-state index in [4.69, 9.17) is 9.47 Å². The zero-order valence-corrected chi connectivity index (χ0v) is 19.0. The Kier molecular flexibility index (Phi) is 8.25. The fourth-order valence-electron chi connectivity index (χ4n) is 2.99. The van der Waals surface area contributed by atoms with Crippen molar-refractivity contribution >= 4 is 21.6 Å². The first kappa shape index (κ1) is 23.7. The van der Waals surface area contributed by atoms with Crippen LogP contribution < -0.4 is 14.8 Å². The third kappa shape index (κ3) is 5.52. The number of amides is 1. The Hall–Kier alpha value is -2.58. The molecule has 0 aliphatic rings. The minimum absolute atomic E-state index is 0.0894. The Morgan fingerprint density at radius 3 is 2.40 bits per heavy atom. The van der Waals surface area contributed by atoms with E-state index in [-0.39, 0.29) is 10.6 Å². The molecule has 0 saturated carbocycles. The van der Waals surface area contributed by atoms with E-state index in [1.807, 2.05) is 25.1 Å². The van der Waals surface area contributed by atoms with Crippen LogP contribution in [0.15, 0.2) is 47.4 Å². The maximum absolute atomic E-state index is 12.8. The SMILES string of the molecule is CCc1cccc(OC(C)C(=O)Nc2cc(S(=O)(=O)N(CC)CC)ccc2OC)c1. The highest BCUT2D eigenvalue weighted by molar-refractivity contribution is 7.89. The quantitative estimate of drug-likeness (QED) is 0.616. The molecule has 2 aromatic carbocycles. The Morgan fingerprint density at radius 1 is 1.10 bits per heavy atom. The predicted molar refractivity (Wildman–Crippen MR) is 118 cm³/mol. The summed E-state index contributed by atoms with van der Waals surface area (Å²) in [5.41, 5.74) is 1.38. The number of anilines is 1. The van der Waals surface area contributed by atoms with Gasteiger partial charge in [-0.3, -0.25) is 4.79 Å². The molecule has 1 amide bonds. The number of rotatable bonds is 10. The molecule has 0 aliphatic heterocycles. The van der Waals surface area contributed by atoms with Crippen LogP contribution in [0.5, 0.6) is 11.5 Å². The van der Waals surface area contributed by atoms with Crippen molar-refractivity contribution in [1.82, 2.24) is 4.31 Å². The van der Waals surface area contributed by atoms with Crippen LogP contribution in [0, 0.1) is 0 Å². The number of benzene rings is 2. The maximum atomic E-state index is 12.8. The second kappa shape index (κ2) is 10.4. The van der Waals surface area contributed by atoms with Crippen LogP contribution in [-0.2, 0) is 21.2 Å². The molecule has 2 rings (SSSR count). The summed E-state index contributed by atoms with van der Waals surface area (Å²) >= 11 is 0. The van der Waals surface area contributed by atoms with Gasteiger partial charge in [0.25, 0.3) is 5.91 Å². The predicted octanol–water partition coefficient (Wildman–Crippen LogP) is 3.69. The summed E-state index contributed by atoms with van der Waals surface area (Å²) in [5, 5.41) is 2.73. The maximum Gasteiger partial charge on any atom is 0.265 e. The lowest BCUT2D eigenvalue weighted by atomic mass is 10.2. The number of sulfonamides is 1. The van der Waals surface area contributed by atoms with Crippen LogP contribution in [0.1, 0.15) is 33.3 Å². The van der Waals surface area contributed by atoms with Gasteiger partial charge in [-0.05, 0) is 49.2 Å². The van der Waals surface area contributed by atoms with E-state index >= 15 is 0 Å². The minimum atomic E-state index is -3.67. The third-order valence-corrected chi connectivity index (χ3v) is 6.81. The van der Waals surface area contributed by atoms with Crippen LogP contribution in [-0.4, -0.2) is 44.9 Å². The van der Waals surface area contributed by atoms with Crippen LogP contribution in [0.2, 0.25) is 0 Å². The molecule has 1 unspecified atom stereocenters. The van der Waals surface area contributed by atoms with Gasteiger partial charge in [-0.25, -0.2) is 8.42 Å². The molecule has 7 nitrogen and oxygen atoms in total. The van der Waals surface area contributed by atoms with E-state index in [1.165, 1.54) is 29.6 Å². The summed E-state index contributed by atoms with van der Waals surface area (Å²) in [6.07, 6.45) is 0.0767. The van der Waals surface area contributed by atoms with Crippen molar-refractivity contribution in [2.75, 3.05) is 25.5 Å². The normalized spacial score (nSPS) is 12.5. The molecule has 164 valence electrons. The summed E-state index contributed by atoms with van der Waals surface area (Å²) in [5.74, 6) is 0.552. The number of aryl methyl sites for hydroxylation is 1. The largest absolute Gasteiger partial charge is 0.495 e. The average molecular weight is 435 g/mol. The van der Waals surface area contributed by atoms with E-state index in [0.717, 1.165) is 12.0 Å². The van der Waals surface area contributed by atoms with Crippen LogP contribution >= 0.6 is 0 Å². The fourth-order valence-corrected chi connectivity index (χ4v) is 4.47. The summed E-state index contributed by atoms with van der Waals surface area (Å²) in [6, 6.07) is 12.0. The number of hydrogen-bond acceptors (Lipinski definition) is 5. The summed E-state index contributed by atoms with van der Waals surface area (Å²) in [4.78, 5) is 12.8. The monoisotopic (exact) mass is 434 g/mol. The van der Waals surface area contributed by atoms with Crippen molar-refractivity contribution in [2.45, 2.75) is 45.1 Å².